The summed E-state index contributed by atoms with van der Waals surface area (Å²) in [5, 5.41) is 24.7. The van der Waals surface area contributed by atoms with Crippen LogP contribution in [0.4, 0.5) is 10.5 Å². The number of carbonyl (C=O) groups is 4. The van der Waals surface area contributed by atoms with Crippen LogP contribution in [0.25, 0.3) is 0 Å². The summed E-state index contributed by atoms with van der Waals surface area (Å²) in [5.74, 6) is -2.69. The Balaban J connectivity index is 1.50. The van der Waals surface area contributed by atoms with Gasteiger partial charge in [-0.1, -0.05) is 48.5 Å². The van der Waals surface area contributed by atoms with Gasteiger partial charge in [0.1, 0.15) is 19.2 Å². The second-order valence-electron chi connectivity index (χ2n) is 8.93. The molecule has 10 heteroatoms. The molecule has 1 heterocycles. The molecule has 2 aromatic carbocycles. The lowest BCUT2D eigenvalue weighted by molar-refractivity contribution is -0.141. The molecule has 0 unspecified atom stereocenters. The molecule has 0 saturated heterocycles. The van der Waals surface area contributed by atoms with Gasteiger partial charge < -0.3 is 20.3 Å². The predicted molar refractivity (Wildman–Crippen MR) is 136 cm³/mol. The summed E-state index contributed by atoms with van der Waals surface area (Å²) in [4.78, 5) is 49.8. The third kappa shape index (κ3) is 8.60. The number of rotatable bonds is 12. The van der Waals surface area contributed by atoms with Crippen LogP contribution in [0.3, 0.4) is 0 Å². The number of alkyl carbamates (subject to hydrolysis) is 1. The fourth-order valence-corrected chi connectivity index (χ4v) is 4.32. The second kappa shape index (κ2) is 14.0. The first kappa shape index (κ1) is 27.7. The number of aliphatic carboxylic acids is 2. The number of amides is 2. The summed E-state index contributed by atoms with van der Waals surface area (Å²) in [5.41, 5.74) is 2.31. The average Bonchev–Trinajstić information content (AvgIpc) is 2.88. The van der Waals surface area contributed by atoms with Gasteiger partial charge in [0.2, 0.25) is 5.91 Å². The zero-order valence-corrected chi connectivity index (χ0v) is 20.6. The molecule has 4 N–H and O–H groups in total. The van der Waals surface area contributed by atoms with Gasteiger partial charge in [0.05, 0.1) is 6.04 Å². The second-order valence-corrected chi connectivity index (χ2v) is 8.93. The summed E-state index contributed by atoms with van der Waals surface area (Å²) in [6.07, 6.45) is 2.42. The number of carboxylic acid groups (broad SMARTS) is 2. The molecule has 37 heavy (non-hydrogen) atoms. The Hall–Kier alpha value is -3.92. The van der Waals surface area contributed by atoms with Crippen LogP contribution in [0.5, 0.6) is 0 Å². The molecule has 1 aliphatic heterocycles. The Kier molecular flexibility index (Phi) is 10.5. The number of fused-ring (bicyclic) bond motifs is 1. The van der Waals surface area contributed by atoms with Crippen molar-refractivity contribution in [3.63, 3.8) is 0 Å². The van der Waals surface area contributed by atoms with Crippen molar-refractivity contribution in [2.24, 2.45) is 0 Å². The van der Waals surface area contributed by atoms with Crippen molar-refractivity contribution < 1.29 is 34.1 Å². The molecular weight excluding hydrogens is 478 g/mol. The van der Waals surface area contributed by atoms with Crippen LogP contribution in [-0.2, 0) is 32.1 Å². The molecule has 0 aromatic heterocycles. The maximum atomic E-state index is 13.3. The number of hydrogen-bond donors (Lipinski definition) is 4. The number of para-hydroxylation sites is 1. The lowest BCUT2D eigenvalue weighted by Crippen LogP contribution is -2.54. The number of carboxylic acids is 2. The average molecular weight is 512 g/mol. The van der Waals surface area contributed by atoms with E-state index in [1.807, 2.05) is 42.5 Å². The molecule has 3 rings (SSSR count). The lowest BCUT2D eigenvalue weighted by atomic mass is 9.97. The van der Waals surface area contributed by atoms with Gasteiger partial charge in [-0.25, -0.2) is 4.79 Å². The topological polar surface area (TPSA) is 145 Å². The molecule has 2 atom stereocenters. The van der Waals surface area contributed by atoms with Crippen LogP contribution in [0.2, 0.25) is 0 Å². The van der Waals surface area contributed by atoms with Gasteiger partial charge in [-0.15, -0.1) is 0 Å². The third-order valence-electron chi connectivity index (χ3n) is 6.18. The van der Waals surface area contributed by atoms with E-state index in [1.54, 1.807) is 12.1 Å². The monoisotopic (exact) mass is 511 g/mol. The molecule has 0 bridgehead atoms. The molecule has 10 nitrogen and oxygen atoms in total. The fourth-order valence-electron chi connectivity index (χ4n) is 4.32. The Bertz CT molecular complexity index is 1080. The van der Waals surface area contributed by atoms with E-state index in [0.29, 0.717) is 44.3 Å². The molecular formula is C27H33N3O7. The number of anilines is 1. The van der Waals surface area contributed by atoms with Crippen LogP contribution >= 0.6 is 0 Å². The van der Waals surface area contributed by atoms with E-state index in [-0.39, 0.29) is 13.0 Å². The summed E-state index contributed by atoms with van der Waals surface area (Å²) < 4.78 is 5.15. The molecule has 0 radical (unpaired) electrons. The number of aryl methyl sites for hydroxylation is 1. The minimum Gasteiger partial charge on any atom is -0.480 e. The maximum Gasteiger partial charge on any atom is 0.407 e. The van der Waals surface area contributed by atoms with Crippen molar-refractivity contribution in [3.8, 4) is 0 Å². The quantitative estimate of drug-likeness (QED) is 0.318. The van der Waals surface area contributed by atoms with Crippen LogP contribution in [-0.4, -0.2) is 59.3 Å². The highest BCUT2D eigenvalue weighted by molar-refractivity contribution is 6.01. The maximum absolute atomic E-state index is 13.3. The number of carbonyl (C=O) groups excluding carboxylic acids is 2. The Morgan fingerprint density at radius 3 is 2.49 bits per heavy atom. The summed E-state index contributed by atoms with van der Waals surface area (Å²) >= 11 is 0. The molecule has 2 amide bonds. The third-order valence-corrected chi connectivity index (χ3v) is 6.18. The highest BCUT2D eigenvalue weighted by atomic mass is 16.5. The highest BCUT2D eigenvalue weighted by Crippen LogP contribution is 2.26. The van der Waals surface area contributed by atoms with Crippen molar-refractivity contribution >= 4 is 29.6 Å². The lowest BCUT2D eigenvalue weighted by Gasteiger charge is -2.32. The molecule has 0 spiro atoms. The fraction of sp³-hybridized carbons (Fsp3) is 0.407. The first-order valence-electron chi connectivity index (χ1n) is 12.4. The van der Waals surface area contributed by atoms with E-state index < -0.39 is 42.6 Å². The normalized spacial score (nSPS) is 16.2. The minimum atomic E-state index is -1.15. The van der Waals surface area contributed by atoms with E-state index in [9.17, 15) is 29.4 Å². The SMILES string of the molecule is O=C(O)CN1C(=O)[C@@H](N[C@@H](CCCCNC(=O)OCc2ccccc2)C(=O)O)CCCc2ccccc21. The minimum absolute atomic E-state index is 0.163. The molecule has 0 aliphatic carbocycles. The van der Waals surface area contributed by atoms with E-state index in [1.165, 1.54) is 4.90 Å². The number of nitrogens with one attached hydrogen (secondary N) is 2. The van der Waals surface area contributed by atoms with Gasteiger partial charge in [0.25, 0.3) is 0 Å². The van der Waals surface area contributed by atoms with E-state index in [0.717, 1.165) is 11.1 Å². The van der Waals surface area contributed by atoms with Crippen LogP contribution in [0, 0.1) is 0 Å². The van der Waals surface area contributed by atoms with Crippen LogP contribution < -0.4 is 15.5 Å². The van der Waals surface area contributed by atoms with E-state index >= 15 is 0 Å². The van der Waals surface area contributed by atoms with E-state index in [4.69, 9.17) is 4.74 Å². The zero-order valence-electron chi connectivity index (χ0n) is 20.6. The van der Waals surface area contributed by atoms with Crippen molar-refractivity contribution in [1.29, 1.82) is 0 Å². The van der Waals surface area contributed by atoms with E-state index in [2.05, 4.69) is 10.6 Å². The zero-order chi connectivity index (χ0) is 26.6. The predicted octanol–water partition coefficient (Wildman–Crippen LogP) is 2.95. The van der Waals surface area contributed by atoms with Crippen molar-refractivity contribution in [1.82, 2.24) is 10.6 Å². The largest absolute Gasteiger partial charge is 0.480 e. The molecule has 2 aromatic rings. The summed E-state index contributed by atoms with van der Waals surface area (Å²) in [6.45, 7) is -0.0141. The standard InChI is InChI=1S/C27H33N3O7/c31-24(32)17-30-23-15-5-4-11-20(23)12-8-14-21(25(30)33)29-22(26(34)35)13-6-7-16-28-27(36)37-18-19-9-2-1-3-10-19/h1-5,9-11,15,21-22,29H,6-8,12-14,16-18H2,(H,28,36)(H,31,32)(H,34,35)/t21-,22-/m0/s1. The first-order chi connectivity index (χ1) is 17.8. The Morgan fingerprint density at radius 1 is 1.03 bits per heavy atom. The first-order valence-corrected chi connectivity index (χ1v) is 12.4. The highest BCUT2D eigenvalue weighted by Gasteiger charge is 2.32. The molecule has 0 fully saturated rings. The number of ether oxygens (including phenoxy) is 1. The van der Waals surface area contributed by atoms with Gasteiger partial charge in [0, 0.05) is 12.2 Å². The van der Waals surface area contributed by atoms with Crippen LogP contribution in [0.1, 0.15) is 43.2 Å². The van der Waals surface area contributed by atoms with Crippen molar-refractivity contribution in [2.75, 3.05) is 18.0 Å². The Labute approximate surface area is 215 Å². The van der Waals surface area contributed by atoms with Crippen LogP contribution in [0.15, 0.2) is 54.6 Å². The Morgan fingerprint density at radius 2 is 1.76 bits per heavy atom. The van der Waals surface area contributed by atoms with Gasteiger partial charge >= 0.3 is 18.0 Å². The van der Waals surface area contributed by atoms with Gasteiger partial charge in [-0.3, -0.25) is 24.6 Å². The number of nitrogens with zero attached hydrogens (tertiary/aromatic N) is 1. The molecule has 198 valence electrons. The van der Waals surface area contributed by atoms with Crippen molar-refractivity contribution in [2.45, 2.75) is 57.2 Å². The summed E-state index contributed by atoms with van der Waals surface area (Å²) in [6, 6.07) is 14.7. The number of unbranched alkanes of at least 4 members (excludes halogenated alkanes) is 1. The molecule has 1 aliphatic rings. The van der Waals surface area contributed by atoms with Gasteiger partial charge in [-0.05, 0) is 55.7 Å². The number of benzene rings is 2. The number of hydrogen-bond acceptors (Lipinski definition) is 6. The van der Waals surface area contributed by atoms with Gasteiger partial charge in [-0.2, -0.15) is 0 Å². The summed E-state index contributed by atoms with van der Waals surface area (Å²) in [7, 11) is 0. The van der Waals surface area contributed by atoms with Gasteiger partial charge in [0.15, 0.2) is 0 Å². The van der Waals surface area contributed by atoms with Crippen molar-refractivity contribution in [3.05, 3.63) is 65.7 Å². The smallest absolute Gasteiger partial charge is 0.407 e. The molecule has 0 saturated carbocycles.